The second-order valence-electron chi connectivity index (χ2n) is 5.09. The summed E-state index contributed by atoms with van der Waals surface area (Å²) in [5.41, 5.74) is -0.562. The number of sulfonamides is 1. The number of hydrogen-bond donors (Lipinski definition) is 2. The Morgan fingerprint density at radius 3 is 2.12 bits per heavy atom. The van der Waals surface area contributed by atoms with Crippen LogP contribution in [0.15, 0.2) is 53.4 Å². The van der Waals surface area contributed by atoms with Gasteiger partial charge in [-0.05, 0) is 43.3 Å². The Hall–Kier alpha value is -2.58. The molecule has 25 heavy (non-hydrogen) atoms. The molecule has 0 spiro atoms. The molecule has 2 rings (SSSR count). The molecule has 7 nitrogen and oxygen atoms in total. The van der Waals surface area contributed by atoms with Crippen molar-refractivity contribution < 1.29 is 28.2 Å². The lowest BCUT2D eigenvalue weighted by Crippen LogP contribution is -2.44. The van der Waals surface area contributed by atoms with Gasteiger partial charge < -0.3 is 10.2 Å². The summed E-state index contributed by atoms with van der Waals surface area (Å²) in [6, 6.07) is 8.92. The summed E-state index contributed by atoms with van der Waals surface area (Å²) in [4.78, 5) is 22.7. The van der Waals surface area contributed by atoms with Crippen LogP contribution >= 0.6 is 11.6 Å². The number of aliphatic carboxylic acids is 1. The molecule has 0 radical (unpaired) electrons. The van der Waals surface area contributed by atoms with Gasteiger partial charge in [-0.3, -0.25) is 4.31 Å². The van der Waals surface area contributed by atoms with Gasteiger partial charge in [-0.15, -0.1) is 0 Å². The number of carboxylic acids is 2. The summed E-state index contributed by atoms with van der Waals surface area (Å²) in [5.74, 6) is -2.79. The summed E-state index contributed by atoms with van der Waals surface area (Å²) in [6.07, 6.45) is 0. The van der Waals surface area contributed by atoms with E-state index in [0.717, 1.165) is 6.92 Å². The predicted octanol–water partition coefficient (Wildman–Crippen LogP) is 2.71. The molecule has 9 heteroatoms. The fraction of sp³-hybridized carbons (Fsp3) is 0.125. The molecule has 0 aliphatic heterocycles. The monoisotopic (exact) mass is 383 g/mol. The highest BCUT2D eigenvalue weighted by molar-refractivity contribution is 7.93. The highest BCUT2D eigenvalue weighted by Gasteiger charge is 2.35. The maximum Gasteiger partial charge on any atom is 0.337 e. The zero-order valence-corrected chi connectivity index (χ0v) is 14.5. The van der Waals surface area contributed by atoms with E-state index in [4.69, 9.17) is 11.6 Å². The second-order valence-corrected chi connectivity index (χ2v) is 7.34. The molecule has 0 bridgehead atoms. The van der Waals surface area contributed by atoms with Crippen molar-refractivity contribution in [2.24, 2.45) is 0 Å². The van der Waals surface area contributed by atoms with Gasteiger partial charge in [0.05, 0.1) is 16.1 Å². The second kappa shape index (κ2) is 7.12. The van der Waals surface area contributed by atoms with E-state index in [9.17, 15) is 28.2 Å². The number of para-hydroxylation sites is 1. The van der Waals surface area contributed by atoms with E-state index >= 15 is 0 Å². The number of anilines is 1. The van der Waals surface area contributed by atoms with E-state index in [-0.39, 0.29) is 16.1 Å². The number of hydrogen-bond acceptors (Lipinski definition) is 4. The van der Waals surface area contributed by atoms with E-state index in [0.29, 0.717) is 9.33 Å². The van der Waals surface area contributed by atoms with E-state index in [2.05, 4.69) is 0 Å². The van der Waals surface area contributed by atoms with Crippen LogP contribution in [-0.2, 0) is 14.8 Å². The Bertz CT molecular complexity index is 910. The normalized spacial score (nSPS) is 12.4. The van der Waals surface area contributed by atoms with Crippen LogP contribution in [0.4, 0.5) is 5.69 Å². The molecular formula is C16H14ClNO6S. The standard InChI is InChI=1S/C16H14ClNO6S/c1-10(15(19)20)18(14-5-3-2-4-13(14)16(21)22)25(23,24)12-8-6-11(17)7-9-12/h2-10H,1H3,(H,19,20)(H,21,22). The Morgan fingerprint density at radius 1 is 1.04 bits per heavy atom. The molecule has 0 heterocycles. The molecular weight excluding hydrogens is 370 g/mol. The fourth-order valence-electron chi connectivity index (χ4n) is 2.21. The first-order valence-corrected chi connectivity index (χ1v) is 8.83. The van der Waals surface area contributed by atoms with Gasteiger partial charge in [0, 0.05) is 5.02 Å². The van der Waals surface area contributed by atoms with Gasteiger partial charge in [0.1, 0.15) is 6.04 Å². The smallest absolute Gasteiger partial charge is 0.337 e. The molecule has 0 saturated heterocycles. The molecule has 2 N–H and O–H groups in total. The molecule has 0 amide bonds. The third-order valence-corrected chi connectivity index (χ3v) is 5.60. The van der Waals surface area contributed by atoms with Crippen molar-refractivity contribution in [2.45, 2.75) is 17.9 Å². The maximum absolute atomic E-state index is 13.0. The Kier molecular flexibility index (Phi) is 5.34. The highest BCUT2D eigenvalue weighted by Crippen LogP contribution is 2.30. The zero-order valence-electron chi connectivity index (χ0n) is 13.0. The molecule has 2 aromatic carbocycles. The first-order chi connectivity index (χ1) is 11.7. The first kappa shape index (κ1) is 18.8. The van der Waals surface area contributed by atoms with Gasteiger partial charge >= 0.3 is 11.9 Å². The first-order valence-electron chi connectivity index (χ1n) is 7.01. The molecule has 1 atom stereocenters. The van der Waals surface area contributed by atoms with Crippen LogP contribution in [0.1, 0.15) is 17.3 Å². The van der Waals surface area contributed by atoms with Crippen LogP contribution in [0, 0.1) is 0 Å². The van der Waals surface area contributed by atoms with Gasteiger partial charge in [0.15, 0.2) is 0 Å². The van der Waals surface area contributed by atoms with Crippen molar-refractivity contribution >= 4 is 39.3 Å². The topological polar surface area (TPSA) is 112 Å². The number of halogens is 1. The summed E-state index contributed by atoms with van der Waals surface area (Å²) in [5, 5.41) is 19.0. The third-order valence-electron chi connectivity index (χ3n) is 3.45. The van der Waals surface area contributed by atoms with Crippen molar-refractivity contribution in [3.8, 4) is 0 Å². The van der Waals surface area contributed by atoms with Crippen LogP contribution in [0.25, 0.3) is 0 Å². The fourth-order valence-corrected chi connectivity index (χ4v) is 3.97. The van der Waals surface area contributed by atoms with E-state index < -0.39 is 28.0 Å². The van der Waals surface area contributed by atoms with Gasteiger partial charge in [-0.1, -0.05) is 23.7 Å². The molecule has 0 saturated carbocycles. The summed E-state index contributed by atoms with van der Waals surface area (Å²) in [6.45, 7) is 1.16. The van der Waals surface area contributed by atoms with Gasteiger partial charge in [-0.25, -0.2) is 18.0 Å². The van der Waals surface area contributed by atoms with Crippen molar-refractivity contribution in [3.05, 3.63) is 59.1 Å². The van der Waals surface area contributed by atoms with Crippen molar-refractivity contribution in [1.29, 1.82) is 0 Å². The number of nitrogens with zero attached hydrogens (tertiary/aromatic N) is 1. The number of aromatic carboxylic acids is 1. The van der Waals surface area contributed by atoms with Gasteiger partial charge in [0.25, 0.3) is 10.0 Å². The number of benzene rings is 2. The van der Waals surface area contributed by atoms with Crippen molar-refractivity contribution in [3.63, 3.8) is 0 Å². The lowest BCUT2D eigenvalue weighted by atomic mass is 10.1. The van der Waals surface area contributed by atoms with Gasteiger partial charge in [0.2, 0.25) is 0 Å². The number of carboxylic acid groups (broad SMARTS) is 2. The van der Waals surface area contributed by atoms with E-state index in [1.54, 1.807) is 0 Å². The SMILES string of the molecule is CC(C(=O)O)N(c1ccccc1C(=O)O)S(=O)(=O)c1ccc(Cl)cc1. The molecule has 0 aliphatic carbocycles. The Morgan fingerprint density at radius 2 is 1.60 bits per heavy atom. The lowest BCUT2D eigenvalue weighted by Gasteiger charge is -2.29. The molecule has 2 aromatic rings. The predicted molar refractivity (Wildman–Crippen MR) is 91.6 cm³/mol. The van der Waals surface area contributed by atoms with Crippen LogP contribution in [0.2, 0.25) is 5.02 Å². The largest absolute Gasteiger partial charge is 0.480 e. The number of rotatable bonds is 6. The highest BCUT2D eigenvalue weighted by atomic mass is 35.5. The maximum atomic E-state index is 13.0. The minimum absolute atomic E-state index is 0.204. The van der Waals surface area contributed by atoms with Gasteiger partial charge in [-0.2, -0.15) is 0 Å². The van der Waals surface area contributed by atoms with E-state index in [1.165, 1.54) is 48.5 Å². The zero-order chi connectivity index (χ0) is 18.8. The van der Waals surface area contributed by atoms with Crippen molar-refractivity contribution in [2.75, 3.05) is 4.31 Å². The Labute approximate surface area is 149 Å². The minimum Gasteiger partial charge on any atom is -0.480 e. The van der Waals surface area contributed by atoms with Crippen LogP contribution < -0.4 is 4.31 Å². The Balaban J connectivity index is 2.72. The molecule has 1 unspecified atom stereocenters. The third kappa shape index (κ3) is 3.75. The lowest BCUT2D eigenvalue weighted by molar-refractivity contribution is -0.137. The molecule has 132 valence electrons. The summed E-state index contributed by atoms with van der Waals surface area (Å²) < 4.78 is 26.6. The summed E-state index contributed by atoms with van der Waals surface area (Å²) in [7, 11) is -4.34. The van der Waals surface area contributed by atoms with Crippen LogP contribution in [0.5, 0.6) is 0 Å². The van der Waals surface area contributed by atoms with Crippen LogP contribution in [0.3, 0.4) is 0 Å². The average molecular weight is 384 g/mol. The minimum atomic E-state index is -4.34. The van der Waals surface area contributed by atoms with E-state index in [1.807, 2.05) is 0 Å². The molecule has 0 aliphatic rings. The molecule has 0 fully saturated rings. The summed E-state index contributed by atoms with van der Waals surface area (Å²) >= 11 is 5.76. The number of carbonyl (C=O) groups is 2. The molecule has 0 aromatic heterocycles. The quantitative estimate of drug-likeness (QED) is 0.793. The average Bonchev–Trinajstić information content (AvgIpc) is 2.55. The van der Waals surface area contributed by atoms with Crippen molar-refractivity contribution in [1.82, 2.24) is 0 Å². The van der Waals surface area contributed by atoms with Crippen LogP contribution in [-0.4, -0.2) is 36.6 Å².